The zero-order chi connectivity index (χ0) is 18.0. The first-order valence-corrected chi connectivity index (χ1v) is 9.40. The Kier molecular flexibility index (Phi) is 4.64. The molecule has 0 bridgehead atoms. The molecule has 0 spiro atoms. The van der Waals surface area contributed by atoms with E-state index in [1.165, 1.54) is 12.1 Å². The van der Waals surface area contributed by atoms with Crippen molar-refractivity contribution in [3.63, 3.8) is 0 Å². The SMILES string of the molecule is O=C(CS(=O)(=O)c1ccccc1)NNc1nc2c(F)cc(F)cc2s1. The van der Waals surface area contributed by atoms with E-state index in [-0.39, 0.29) is 20.2 Å². The molecule has 0 fully saturated rings. The number of benzene rings is 2. The molecule has 1 heterocycles. The lowest BCUT2D eigenvalue weighted by molar-refractivity contribution is -0.118. The molecule has 0 unspecified atom stereocenters. The first-order valence-electron chi connectivity index (χ1n) is 6.93. The van der Waals surface area contributed by atoms with E-state index in [4.69, 9.17) is 0 Å². The van der Waals surface area contributed by atoms with Gasteiger partial charge in [0.15, 0.2) is 15.7 Å². The van der Waals surface area contributed by atoms with Gasteiger partial charge in [0.2, 0.25) is 5.13 Å². The number of fused-ring (bicyclic) bond motifs is 1. The van der Waals surface area contributed by atoms with E-state index in [0.29, 0.717) is 6.07 Å². The Morgan fingerprint density at radius 2 is 1.88 bits per heavy atom. The molecule has 0 saturated heterocycles. The van der Waals surface area contributed by atoms with Gasteiger partial charge >= 0.3 is 0 Å². The molecular formula is C15H11F2N3O3S2. The minimum atomic E-state index is -3.78. The van der Waals surface area contributed by atoms with Gasteiger partial charge in [0.25, 0.3) is 5.91 Å². The first kappa shape index (κ1) is 17.2. The largest absolute Gasteiger partial charge is 0.273 e. The van der Waals surface area contributed by atoms with Crippen LogP contribution in [0, 0.1) is 11.6 Å². The number of aromatic nitrogens is 1. The highest BCUT2D eigenvalue weighted by atomic mass is 32.2. The quantitative estimate of drug-likeness (QED) is 0.661. The van der Waals surface area contributed by atoms with Crippen molar-refractivity contribution in [2.75, 3.05) is 11.2 Å². The Hall–Kier alpha value is -2.59. The lowest BCUT2D eigenvalue weighted by atomic mass is 10.3. The van der Waals surface area contributed by atoms with E-state index in [0.717, 1.165) is 17.4 Å². The molecule has 2 N–H and O–H groups in total. The van der Waals surface area contributed by atoms with Crippen molar-refractivity contribution in [1.82, 2.24) is 10.4 Å². The summed E-state index contributed by atoms with van der Waals surface area (Å²) in [5, 5.41) is 0.102. The molecule has 1 aromatic heterocycles. The van der Waals surface area contributed by atoms with Crippen molar-refractivity contribution < 1.29 is 22.0 Å². The summed E-state index contributed by atoms with van der Waals surface area (Å²) in [7, 11) is -3.78. The van der Waals surface area contributed by atoms with E-state index in [1.807, 2.05) is 0 Å². The number of hydrogen-bond acceptors (Lipinski definition) is 6. The monoisotopic (exact) mass is 383 g/mol. The molecule has 10 heteroatoms. The molecule has 0 atom stereocenters. The van der Waals surface area contributed by atoms with Crippen LogP contribution < -0.4 is 10.9 Å². The molecule has 130 valence electrons. The number of sulfone groups is 1. The summed E-state index contributed by atoms with van der Waals surface area (Å²) in [6, 6.07) is 9.37. The Balaban J connectivity index is 1.68. The summed E-state index contributed by atoms with van der Waals surface area (Å²) >= 11 is 0.916. The van der Waals surface area contributed by atoms with Crippen molar-refractivity contribution in [2.24, 2.45) is 0 Å². The van der Waals surface area contributed by atoms with Gasteiger partial charge in [-0.3, -0.25) is 15.6 Å². The van der Waals surface area contributed by atoms with Crippen LogP contribution in [0.3, 0.4) is 0 Å². The summed E-state index contributed by atoms with van der Waals surface area (Å²) < 4.78 is 51.2. The molecule has 3 aromatic rings. The number of halogens is 2. The third-order valence-electron chi connectivity index (χ3n) is 3.15. The number of nitrogens with one attached hydrogen (secondary N) is 2. The van der Waals surface area contributed by atoms with E-state index < -0.39 is 33.1 Å². The molecule has 0 aliphatic rings. The second kappa shape index (κ2) is 6.73. The maximum atomic E-state index is 13.6. The van der Waals surface area contributed by atoms with Gasteiger partial charge < -0.3 is 0 Å². The van der Waals surface area contributed by atoms with Gasteiger partial charge in [-0.2, -0.15) is 0 Å². The van der Waals surface area contributed by atoms with Gasteiger partial charge in [0, 0.05) is 6.07 Å². The number of hydrazine groups is 1. The summed E-state index contributed by atoms with van der Waals surface area (Å²) in [4.78, 5) is 15.7. The van der Waals surface area contributed by atoms with Gasteiger partial charge in [-0.15, -0.1) is 0 Å². The molecule has 6 nitrogen and oxygen atoms in total. The van der Waals surface area contributed by atoms with Gasteiger partial charge in [-0.05, 0) is 18.2 Å². The van der Waals surface area contributed by atoms with Crippen LogP contribution in [0.1, 0.15) is 0 Å². The number of thiazole rings is 1. The fourth-order valence-electron chi connectivity index (χ4n) is 2.05. The summed E-state index contributed by atoms with van der Waals surface area (Å²) in [5.41, 5.74) is 4.55. The van der Waals surface area contributed by atoms with Crippen LogP contribution in [-0.2, 0) is 14.6 Å². The third-order valence-corrected chi connectivity index (χ3v) is 5.70. The molecule has 0 saturated carbocycles. The van der Waals surface area contributed by atoms with Gasteiger partial charge in [0.1, 0.15) is 17.1 Å². The topological polar surface area (TPSA) is 88.2 Å². The minimum absolute atomic E-state index is 0.0303. The first-order chi connectivity index (χ1) is 11.8. The van der Waals surface area contributed by atoms with Crippen LogP contribution in [-0.4, -0.2) is 25.1 Å². The number of carbonyl (C=O) groups is 1. The van der Waals surface area contributed by atoms with E-state index in [1.54, 1.807) is 18.2 Å². The van der Waals surface area contributed by atoms with Crippen LogP contribution in [0.5, 0.6) is 0 Å². The Morgan fingerprint density at radius 3 is 2.60 bits per heavy atom. The van der Waals surface area contributed by atoms with Crippen LogP contribution in [0.15, 0.2) is 47.4 Å². The van der Waals surface area contributed by atoms with Gasteiger partial charge in [-0.1, -0.05) is 29.5 Å². The van der Waals surface area contributed by atoms with Crippen molar-refractivity contribution in [1.29, 1.82) is 0 Å². The molecule has 2 aromatic carbocycles. The maximum Gasteiger partial charge on any atom is 0.253 e. The second-order valence-electron chi connectivity index (χ2n) is 5.00. The zero-order valence-electron chi connectivity index (χ0n) is 12.5. The Bertz CT molecular complexity index is 1040. The number of anilines is 1. The van der Waals surface area contributed by atoms with E-state index >= 15 is 0 Å². The van der Waals surface area contributed by atoms with Crippen molar-refractivity contribution >= 4 is 42.4 Å². The highest BCUT2D eigenvalue weighted by Crippen LogP contribution is 2.28. The number of amides is 1. The molecule has 0 aliphatic carbocycles. The van der Waals surface area contributed by atoms with E-state index in [2.05, 4.69) is 15.8 Å². The molecule has 0 aliphatic heterocycles. The average Bonchev–Trinajstić information content (AvgIpc) is 2.97. The highest BCUT2D eigenvalue weighted by Gasteiger charge is 2.19. The van der Waals surface area contributed by atoms with Gasteiger partial charge in [0.05, 0.1) is 9.60 Å². The standard InChI is InChI=1S/C15H11F2N3O3S2/c16-9-6-11(17)14-12(7-9)24-15(18-14)20-19-13(21)8-25(22,23)10-4-2-1-3-5-10/h1-7H,8H2,(H,18,20)(H,19,21). The average molecular weight is 383 g/mol. The zero-order valence-corrected chi connectivity index (χ0v) is 14.1. The lowest BCUT2D eigenvalue weighted by Crippen LogP contribution is -2.34. The highest BCUT2D eigenvalue weighted by molar-refractivity contribution is 7.92. The molecule has 25 heavy (non-hydrogen) atoms. The second-order valence-corrected chi connectivity index (χ2v) is 8.02. The molecule has 0 radical (unpaired) electrons. The number of nitrogens with zero attached hydrogens (tertiary/aromatic N) is 1. The summed E-state index contributed by atoms with van der Waals surface area (Å²) in [6.07, 6.45) is 0. The van der Waals surface area contributed by atoms with Crippen LogP contribution >= 0.6 is 11.3 Å². The predicted molar refractivity (Wildman–Crippen MR) is 89.8 cm³/mol. The van der Waals surface area contributed by atoms with Crippen LogP contribution in [0.2, 0.25) is 0 Å². The lowest BCUT2D eigenvalue weighted by Gasteiger charge is -2.06. The maximum absolute atomic E-state index is 13.6. The van der Waals surface area contributed by atoms with Crippen molar-refractivity contribution in [2.45, 2.75) is 4.90 Å². The Labute approximate surface area is 145 Å². The number of rotatable bonds is 5. The van der Waals surface area contributed by atoms with Gasteiger partial charge in [-0.25, -0.2) is 22.2 Å². The smallest absolute Gasteiger partial charge is 0.253 e. The number of carbonyl (C=O) groups excluding carboxylic acids is 1. The third kappa shape index (κ3) is 3.91. The fraction of sp³-hybridized carbons (Fsp3) is 0.0667. The van der Waals surface area contributed by atoms with Crippen LogP contribution in [0.4, 0.5) is 13.9 Å². The number of hydrogen-bond donors (Lipinski definition) is 2. The normalized spacial score (nSPS) is 11.4. The summed E-state index contributed by atoms with van der Waals surface area (Å²) in [5.74, 6) is -3.14. The minimum Gasteiger partial charge on any atom is -0.273 e. The van der Waals surface area contributed by atoms with Crippen molar-refractivity contribution in [3.05, 3.63) is 54.1 Å². The fourth-order valence-corrected chi connectivity index (χ4v) is 4.07. The Morgan fingerprint density at radius 1 is 1.16 bits per heavy atom. The summed E-state index contributed by atoms with van der Waals surface area (Å²) in [6.45, 7) is 0. The molecular weight excluding hydrogens is 372 g/mol. The van der Waals surface area contributed by atoms with E-state index in [9.17, 15) is 22.0 Å². The molecule has 1 amide bonds. The van der Waals surface area contributed by atoms with Crippen LogP contribution in [0.25, 0.3) is 10.2 Å². The predicted octanol–water partition coefficient (Wildman–Crippen LogP) is 2.49. The van der Waals surface area contributed by atoms with Crippen molar-refractivity contribution in [3.8, 4) is 0 Å². The molecule has 3 rings (SSSR count).